The van der Waals surface area contributed by atoms with Gasteiger partial charge >= 0.3 is 0 Å². The van der Waals surface area contributed by atoms with Crippen molar-refractivity contribution >= 4 is 29.3 Å². The molecule has 1 saturated heterocycles. The van der Waals surface area contributed by atoms with Gasteiger partial charge in [-0.2, -0.15) is 0 Å². The molecule has 1 aromatic heterocycles. The second-order valence-electron chi connectivity index (χ2n) is 7.77. The van der Waals surface area contributed by atoms with E-state index in [1.807, 2.05) is 23.1 Å². The lowest BCUT2D eigenvalue weighted by molar-refractivity contribution is -0.116. The van der Waals surface area contributed by atoms with Crippen molar-refractivity contribution in [3.63, 3.8) is 0 Å². The molecule has 0 bridgehead atoms. The molecule has 3 heterocycles. The molecule has 0 radical (unpaired) electrons. The number of hydrogen-bond acceptors (Lipinski definition) is 6. The SMILES string of the molecule is Cc1ccc(-n2c(SCC(=O)N3CCc4ccccc43)nnc2N2CCOCC2)cc1. The third kappa shape index (κ3) is 4.05. The summed E-state index contributed by atoms with van der Waals surface area (Å²) in [6.45, 7) is 5.71. The maximum atomic E-state index is 13.0. The number of hydrogen-bond donors (Lipinski definition) is 0. The molecule has 160 valence electrons. The van der Waals surface area contributed by atoms with Crippen molar-refractivity contribution in [3.8, 4) is 5.69 Å². The number of morpholine rings is 1. The minimum Gasteiger partial charge on any atom is -0.378 e. The zero-order valence-electron chi connectivity index (χ0n) is 17.5. The molecule has 0 saturated carbocycles. The third-order valence-electron chi connectivity index (χ3n) is 5.72. The number of nitrogens with zero attached hydrogens (tertiary/aromatic N) is 5. The quantitative estimate of drug-likeness (QED) is 0.574. The summed E-state index contributed by atoms with van der Waals surface area (Å²) < 4.78 is 7.56. The van der Waals surface area contributed by atoms with Crippen LogP contribution >= 0.6 is 11.8 Å². The first-order valence-electron chi connectivity index (χ1n) is 10.6. The summed E-state index contributed by atoms with van der Waals surface area (Å²) >= 11 is 1.44. The molecule has 0 N–H and O–H groups in total. The van der Waals surface area contributed by atoms with Gasteiger partial charge in [0.1, 0.15) is 0 Å². The Labute approximate surface area is 186 Å². The molecule has 0 unspecified atom stereocenters. The zero-order chi connectivity index (χ0) is 21.2. The number of aromatic nitrogens is 3. The van der Waals surface area contributed by atoms with Gasteiger partial charge in [0.25, 0.3) is 0 Å². The number of aryl methyl sites for hydroxylation is 1. The molecule has 0 atom stereocenters. The summed E-state index contributed by atoms with van der Waals surface area (Å²) in [4.78, 5) is 17.1. The predicted octanol–water partition coefficient (Wildman–Crippen LogP) is 3.09. The average Bonchev–Trinajstić information content (AvgIpc) is 3.43. The van der Waals surface area contributed by atoms with Crippen molar-refractivity contribution in [2.75, 3.05) is 48.4 Å². The van der Waals surface area contributed by atoms with Crippen molar-refractivity contribution in [3.05, 3.63) is 59.7 Å². The Bertz CT molecular complexity index is 1080. The van der Waals surface area contributed by atoms with Gasteiger partial charge in [-0.25, -0.2) is 0 Å². The molecule has 1 amide bonds. The number of para-hydroxylation sites is 1. The number of anilines is 2. The molecule has 7 nitrogen and oxygen atoms in total. The Morgan fingerprint density at radius 2 is 1.81 bits per heavy atom. The first kappa shape index (κ1) is 20.1. The molecule has 2 aromatic carbocycles. The summed E-state index contributed by atoms with van der Waals surface area (Å²) in [6, 6.07) is 16.4. The van der Waals surface area contributed by atoms with Crippen LogP contribution in [-0.4, -0.2) is 59.3 Å². The van der Waals surface area contributed by atoms with Gasteiger partial charge in [-0.1, -0.05) is 47.7 Å². The Balaban J connectivity index is 1.39. The molecular formula is C23H25N5O2S. The summed E-state index contributed by atoms with van der Waals surface area (Å²) in [5, 5.41) is 9.67. The molecule has 5 rings (SSSR count). The second-order valence-corrected chi connectivity index (χ2v) is 8.71. The van der Waals surface area contributed by atoms with Gasteiger partial charge in [0.15, 0.2) is 5.16 Å². The Morgan fingerprint density at radius 3 is 2.61 bits per heavy atom. The first-order chi connectivity index (χ1) is 15.2. The van der Waals surface area contributed by atoms with Gasteiger partial charge in [0.2, 0.25) is 11.9 Å². The molecule has 3 aromatic rings. The number of rotatable bonds is 5. The summed E-state index contributed by atoms with van der Waals surface area (Å²) in [5.41, 5.74) is 4.46. The number of thioether (sulfide) groups is 1. The van der Waals surface area contributed by atoms with E-state index in [0.29, 0.717) is 19.0 Å². The fraction of sp³-hybridized carbons (Fsp3) is 0.348. The standard InChI is InChI=1S/C23H25N5O2S/c1-17-6-8-19(9-7-17)28-22(26-12-14-30-15-13-26)24-25-23(28)31-16-21(29)27-11-10-18-4-2-3-5-20(18)27/h2-9H,10-16H2,1H3. The van der Waals surface area contributed by atoms with Crippen molar-refractivity contribution in [1.82, 2.24) is 14.8 Å². The summed E-state index contributed by atoms with van der Waals surface area (Å²) in [7, 11) is 0. The van der Waals surface area contributed by atoms with E-state index in [1.54, 1.807) is 0 Å². The smallest absolute Gasteiger partial charge is 0.237 e. The lowest BCUT2D eigenvalue weighted by Gasteiger charge is -2.28. The minimum atomic E-state index is 0.0985. The summed E-state index contributed by atoms with van der Waals surface area (Å²) in [6.07, 6.45) is 0.910. The van der Waals surface area contributed by atoms with Crippen LogP contribution in [0.3, 0.4) is 0 Å². The number of fused-ring (bicyclic) bond motifs is 1. The van der Waals surface area contributed by atoms with E-state index in [-0.39, 0.29) is 5.91 Å². The predicted molar refractivity (Wildman–Crippen MR) is 122 cm³/mol. The third-order valence-corrected chi connectivity index (χ3v) is 6.63. The van der Waals surface area contributed by atoms with E-state index in [4.69, 9.17) is 4.74 Å². The van der Waals surface area contributed by atoms with Gasteiger partial charge in [-0.15, -0.1) is 10.2 Å². The van der Waals surface area contributed by atoms with E-state index < -0.39 is 0 Å². The topological polar surface area (TPSA) is 63.5 Å². The largest absolute Gasteiger partial charge is 0.378 e. The lowest BCUT2D eigenvalue weighted by atomic mass is 10.2. The van der Waals surface area contributed by atoms with Gasteiger partial charge in [-0.3, -0.25) is 9.36 Å². The van der Waals surface area contributed by atoms with Crippen LogP contribution < -0.4 is 9.80 Å². The van der Waals surface area contributed by atoms with Gasteiger partial charge in [0.05, 0.1) is 24.7 Å². The van der Waals surface area contributed by atoms with E-state index in [2.05, 4.69) is 56.9 Å². The maximum absolute atomic E-state index is 13.0. The van der Waals surface area contributed by atoms with E-state index in [1.165, 1.54) is 22.9 Å². The lowest BCUT2D eigenvalue weighted by Crippen LogP contribution is -2.37. The highest BCUT2D eigenvalue weighted by atomic mass is 32.2. The average molecular weight is 436 g/mol. The number of amides is 1. The number of carbonyl (C=O) groups is 1. The fourth-order valence-corrected chi connectivity index (χ4v) is 4.87. The zero-order valence-corrected chi connectivity index (χ0v) is 18.3. The van der Waals surface area contributed by atoms with E-state index in [9.17, 15) is 4.79 Å². The Hall–Kier alpha value is -2.84. The molecule has 0 spiro atoms. The van der Waals surface area contributed by atoms with Crippen molar-refractivity contribution in [2.45, 2.75) is 18.5 Å². The highest BCUT2D eigenvalue weighted by Gasteiger charge is 2.26. The Kier molecular flexibility index (Phi) is 5.65. The first-order valence-corrected chi connectivity index (χ1v) is 11.6. The van der Waals surface area contributed by atoms with Crippen LogP contribution in [0.15, 0.2) is 53.7 Å². The fourth-order valence-electron chi connectivity index (χ4n) is 4.05. The highest BCUT2D eigenvalue weighted by Crippen LogP contribution is 2.31. The van der Waals surface area contributed by atoms with Crippen LogP contribution in [0.5, 0.6) is 0 Å². The summed E-state index contributed by atoms with van der Waals surface area (Å²) in [5.74, 6) is 1.22. The van der Waals surface area contributed by atoms with Crippen LogP contribution in [0.25, 0.3) is 5.69 Å². The van der Waals surface area contributed by atoms with Crippen LogP contribution in [0.1, 0.15) is 11.1 Å². The second kappa shape index (κ2) is 8.72. The molecule has 2 aliphatic heterocycles. The number of carbonyl (C=O) groups excluding carboxylic acids is 1. The van der Waals surface area contributed by atoms with Crippen LogP contribution in [0, 0.1) is 6.92 Å². The molecule has 8 heteroatoms. The number of ether oxygens (including phenoxy) is 1. The number of benzene rings is 2. The van der Waals surface area contributed by atoms with Crippen LogP contribution in [0.2, 0.25) is 0 Å². The molecule has 31 heavy (non-hydrogen) atoms. The normalized spacial score (nSPS) is 15.9. The molecule has 0 aliphatic carbocycles. The monoisotopic (exact) mass is 435 g/mol. The Morgan fingerprint density at radius 1 is 1.03 bits per heavy atom. The van der Waals surface area contributed by atoms with Crippen molar-refractivity contribution in [1.29, 1.82) is 0 Å². The maximum Gasteiger partial charge on any atom is 0.237 e. The molecular weight excluding hydrogens is 410 g/mol. The van der Waals surface area contributed by atoms with E-state index in [0.717, 1.165) is 48.5 Å². The van der Waals surface area contributed by atoms with Gasteiger partial charge < -0.3 is 14.5 Å². The van der Waals surface area contributed by atoms with Gasteiger partial charge in [-0.05, 0) is 37.1 Å². The van der Waals surface area contributed by atoms with Crippen LogP contribution in [0.4, 0.5) is 11.6 Å². The van der Waals surface area contributed by atoms with Crippen molar-refractivity contribution in [2.24, 2.45) is 0 Å². The molecule has 1 fully saturated rings. The van der Waals surface area contributed by atoms with Crippen LogP contribution in [-0.2, 0) is 16.0 Å². The van der Waals surface area contributed by atoms with E-state index >= 15 is 0 Å². The highest BCUT2D eigenvalue weighted by molar-refractivity contribution is 7.99. The molecule has 2 aliphatic rings. The van der Waals surface area contributed by atoms with Gasteiger partial charge in [0, 0.05) is 25.3 Å². The minimum absolute atomic E-state index is 0.0985. The van der Waals surface area contributed by atoms with Crippen molar-refractivity contribution < 1.29 is 9.53 Å².